The van der Waals surface area contributed by atoms with E-state index in [2.05, 4.69) is 0 Å². The second-order valence-electron chi connectivity index (χ2n) is 5.82. The van der Waals surface area contributed by atoms with E-state index in [1.807, 2.05) is 20.8 Å². The van der Waals surface area contributed by atoms with Crippen LogP contribution in [0, 0.1) is 5.82 Å². The van der Waals surface area contributed by atoms with Gasteiger partial charge >= 0.3 is 5.97 Å². The highest BCUT2D eigenvalue weighted by molar-refractivity contribution is 5.90. The van der Waals surface area contributed by atoms with Gasteiger partial charge in [-0.05, 0) is 56.2 Å². The Bertz CT molecular complexity index is 657. The molecule has 0 bridgehead atoms. The molecule has 2 aromatic rings. The molecule has 0 fully saturated rings. The number of hydrogen-bond acceptors (Lipinski definition) is 3. The van der Waals surface area contributed by atoms with Gasteiger partial charge in [-0.1, -0.05) is 18.2 Å². The predicted octanol–water partition coefficient (Wildman–Crippen LogP) is 4.03. The molecule has 0 spiro atoms. The third-order valence-corrected chi connectivity index (χ3v) is 2.85. The monoisotopic (exact) mass is 287 g/mol. The Labute approximate surface area is 123 Å². The van der Waals surface area contributed by atoms with Crippen molar-refractivity contribution in [3.05, 3.63) is 53.8 Å². The first-order chi connectivity index (χ1) is 9.76. The molecule has 0 aliphatic heterocycles. The second-order valence-corrected chi connectivity index (χ2v) is 5.82. The Morgan fingerprint density at radius 2 is 1.62 bits per heavy atom. The van der Waals surface area contributed by atoms with E-state index in [9.17, 15) is 9.18 Å². The van der Waals surface area contributed by atoms with Gasteiger partial charge in [-0.25, -0.2) is 9.18 Å². The topological polar surface area (TPSA) is 52.3 Å². The number of esters is 1. The lowest BCUT2D eigenvalue weighted by Crippen LogP contribution is -2.23. The highest BCUT2D eigenvalue weighted by Gasteiger charge is 2.17. The predicted molar refractivity (Wildman–Crippen MR) is 81.4 cm³/mol. The van der Waals surface area contributed by atoms with Crippen molar-refractivity contribution in [2.45, 2.75) is 26.4 Å². The minimum Gasteiger partial charge on any atom is -0.456 e. The second kappa shape index (κ2) is 5.56. The normalized spacial score (nSPS) is 11.2. The Kier molecular flexibility index (Phi) is 3.98. The number of nitrogen functional groups attached to an aromatic ring is 1. The molecule has 0 unspecified atom stereocenters. The summed E-state index contributed by atoms with van der Waals surface area (Å²) in [6, 6.07) is 11.5. The number of benzene rings is 2. The fourth-order valence-electron chi connectivity index (χ4n) is 1.86. The van der Waals surface area contributed by atoms with E-state index in [1.165, 1.54) is 6.07 Å². The molecule has 2 aromatic carbocycles. The fraction of sp³-hybridized carbons (Fsp3) is 0.235. The quantitative estimate of drug-likeness (QED) is 0.670. The van der Waals surface area contributed by atoms with Crippen LogP contribution in [0.3, 0.4) is 0 Å². The summed E-state index contributed by atoms with van der Waals surface area (Å²) in [7, 11) is 0. The molecule has 0 heterocycles. The van der Waals surface area contributed by atoms with Crippen LogP contribution >= 0.6 is 0 Å². The first kappa shape index (κ1) is 15.0. The lowest BCUT2D eigenvalue weighted by atomic mass is 10.0. The van der Waals surface area contributed by atoms with E-state index in [1.54, 1.807) is 36.4 Å². The van der Waals surface area contributed by atoms with Gasteiger partial charge in [0, 0.05) is 0 Å². The summed E-state index contributed by atoms with van der Waals surface area (Å²) in [6.07, 6.45) is 0. The largest absolute Gasteiger partial charge is 0.456 e. The average Bonchev–Trinajstić information content (AvgIpc) is 2.40. The number of ether oxygens (including phenoxy) is 1. The van der Waals surface area contributed by atoms with E-state index < -0.39 is 11.4 Å². The maximum atomic E-state index is 13.2. The smallest absolute Gasteiger partial charge is 0.338 e. The summed E-state index contributed by atoms with van der Waals surface area (Å²) in [5.74, 6) is -0.809. The Balaban J connectivity index is 2.22. The van der Waals surface area contributed by atoms with Crippen molar-refractivity contribution < 1.29 is 13.9 Å². The van der Waals surface area contributed by atoms with Gasteiger partial charge in [-0.3, -0.25) is 0 Å². The SMILES string of the molecule is CC(C)(C)OC(=O)c1ccc(-c2ccc(F)c(N)c2)cc1. The van der Waals surface area contributed by atoms with Crippen LogP contribution in [0.5, 0.6) is 0 Å². The number of carbonyl (C=O) groups is 1. The molecule has 0 aliphatic carbocycles. The van der Waals surface area contributed by atoms with Gasteiger partial charge in [0.1, 0.15) is 11.4 Å². The van der Waals surface area contributed by atoms with Gasteiger partial charge < -0.3 is 10.5 Å². The van der Waals surface area contributed by atoms with Crippen LogP contribution in [0.1, 0.15) is 31.1 Å². The molecule has 0 amide bonds. The zero-order chi connectivity index (χ0) is 15.6. The van der Waals surface area contributed by atoms with Crippen LogP contribution in [0.4, 0.5) is 10.1 Å². The van der Waals surface area contributed by atoms with Crippen LogP contribution in [0.2, 0.25) is 0 Å². The summed E-state index contributed by atoms with van der Waals surface area (Å²) in [5.41, 5.74) is 7.26. The third kappa shape index (κ3) is 3.81. The standard InChI is InChI=1S/C17H18FNO2/c1-17(2,3)21-16(20)12-6-4-11(5-7-12)13-8-9-14(18)15(19)10-13/h4-10H,19H2,1-3H3. The molecular formula is C17H18FNO2. The number of nitrogens with two attached hydrogens (primary N) is 1. The number of carbonyl (C=O) groups excluding carboxylic acids is 1. The average molecular weight is 287 g/mol. The first-order valence-corrected chi connectivity index (χ1v) is 6.65. The van der Waals surface area contributed by atoms with Gasteiger partial charge in [0.05, 0.1) is 11.3 Å². The lowest BCUT2D eigenvalue weighted by Gasteiger charge is -2.19. The molecule has 2 N–H and O–H groups in total. The minimum atomic E-state index is -0.527. The van der Waals surface area contributed by atoms with Crippen LogP contribution in [-0.2, 0) is 4.74 Å². The van der Waals surface area contributed by atoms with Gasteiger partial charge in [0.2, 0.25) is 0 Å². The van der Waals surface area contributed by atoms with Crippen LogP contribution in [-0.4, -0.2) is 11.6 Å². The molecule has 3 nitrogen and oxygen atoms in total. The fourth-order valence-corrected chi connectivity index (χ4v) is 1.86. The van der Waals surface area contributed by atoms with Crippen molar-refractivity contribution in [1.82, 2.24) is 0 Å². The number of halogens is 1. The molecular weight excluding hydrogens is 269 g/mol. The summed E-state index contributed by atoms with van der Waals surface area (Å²) in [4.78, 5) is 11.9. The van der Waals surface area contributed by atoms with Gasteiger partial charge in [0.15, 0.2) is 0 Å². The summed E-state index contributed by atoms with van der Waals surface area (Å²) in [6.45, 7) is 5.46. The van der Waals surface area contributed by atoms with Crippen LogP contribution in [0.15, 0.2) is 42.5 Å². The molecule has 0 aliphatic rings. The Morgan fingerprint density at radius 1 is 1.05 bits per heavy atom. The molecule has 4 heteroatoms. The van der Waals surface area contributed by atoms with Crippen LogP contribution in [0.25, 0.3) is 11.1 Å². The van der Waals surface area contributed by atoms with E-state index in [0.717, 1.165) is 11.1 Å². The van der Waals surface area contributed by atoms with E-state index in [0.29, 0.717) is 5.56 Å². The summed E-state index contributed by atoms with van der Waals surface area (Å²) < 4.78 is 18.5. The molecule has 0 radical (unpaired) electrons. The molecule has 2 rings (SSSR count). The highest BCUT2D eigenvalue weighted by Crippen LogP contribution is 2.24. The zero-order valence-electron chi connectivity index (χ0n) is 12.3. The van der Waals surface area contributed by atoms with Crippen molar-refractivity contribution in [3.8, 4) is 11.1 Å². The highest BCUT2D eigenvalue weighted by atomic mass is 19.1. The lowest BCUT2D eigenvalue weighted by molar-refractivity contribution is 0.00696. The third-order valence-electron chi connectivity index (χ3n) is 2.85. The maximum Gasteiger partial charge on any atom is 0.338 e. The van der Waals surface area contributed by atoms with Crippen LogP contribution < -0.4 is 5.73 Å². The van der Waals surface area contributed by atoms with Crippen molar-refractivity contribution in [1.29, 1.82) is 0 Å². The van der Waals surface area contributed by atoms with Crippen molar-refractivity contribution >= 4 is 11.7 Å². The van der Waals surface area contributed by atoms with E-state index >= 15 is 0 Å². The number of hydrogen-bond donors (Lipinski definition) is 1. The summed E-state index contributed by atoms with van der Waals surface area (Å²) >= 11 is 0. The minimum absolute atomic E-state index is 0.101. The number of anilines is 1. The number of rotatable bonds is 2. The van der Waals surface area contributed by atoms with Gasteiger partial charge in [0.25, 0.3) is 0 Å². The molecule has 0 saturated heterocycles. The first-order valence-electron chi connectivity index (χ1n) is 6.65. The molecule has 110 valence electrons. The molecule has 0 atom stereocenters. The van der Waals surface area contributed by atoms with Crippen molar-refractivity contribution in [2.75, 3.05) is 5.73 Å². The maximum absolute atomic E-state index is 13.2. The van der Waals surface area contributed by atoms with E-state index in [4.69, 9.17) is 10.5 Å². The van der Waals surface area contributed by atoms with Gasteiger partial charge in [-0.15, -0.1) is 0 Å². The molecule has 0 aromatic heterocycles. The molecule has 0 saturated carbocycles. The Hall–Kier alpha value is -2.36. The molecule has 21 heavy (non-hydrogen) atoms. The van der Waals surface area contributed by atoms with Crippen molar-refractivity contribution in [3.63, 3.8) is 0 Å². The van der Waals surface area contributed by atoms with Gasteiger partial charge in [-0.2, -0.15) is 0 Å². The Morgan fingerprint density at radius 3 is 2.14 bits per heavy atom. The van der Waals surface area contributed by atoms with Crippen molar-refractivity contribution in [2.24, 2.45) is 0 Å². The van der Waals surface area contributed by atoms with E-state index in [-0.39, 0.29) is 11.7 Å². The summed E-state index contributed by atoms with van der Waals surface area (Å²) in [5, 5.41) is 0. The zero-order valence-corrected chi connectivity index (χ0v) is 12.3.